The number of anilines is 1. The highest BCUT2D eigenvalue weighted by Gasteiger charge is 2.31. The second-order valence-electron chi connectivity index (χ2n) is 6.58. The number of carbonyl (C=O) groups is 1. The van der Waals surface area contributed by atoms with Crippen LogP contribution in [0.15, 0.2) is 64.8 Å². The summed E-state index contributed by atoms with van der Waals surface area (Å²) < 4.78 is 1.90. The van der Waals surface area contributed by atoms with Crippen molar-refractivity contribution in [2.45, 2.75) is 35.7 Å². The van der Waals surface area contributed by atoms with Gasteiger partial charge in [0.15, 0.2) is 0 Å². The van der Waals surface area contributed by atoms with Gasteiger partial charge in [-0.15, -0.1) is 0 Å². The summed E-state index contributed by atoms with van der Waals surface area (Å²) >= 11 is 7.63. The first-order valence-electron chi connectivity index (χ1n) is 8.86. The molecule has 0 aliphatic heterocycles. The standard InChI is InChI=1S/C20H19ClN4OS/c1-13(14-8-9-14)25-18(10-12-23-25)24-19(26)15-5-4-11-22-20(15)27-17-7-3-2-6-16(17)21/h2-7,10-14H,8-9H2,1H3,(H,24,26). The molecule has 2 heterocycles. The van der Waals surface area contributed by atoms with Crippen LogP contribution in [0.4, 0.5) is 5.82 Å². The molecule has 5 nitrogen and oxygen atoms in total. The minimum atomic E-state index is -0.206. The highest BCUT2D eigenvalue weighted by atomic mass is 35.5. The lowest BCUT2D eigenvalue weighted by Crippen LogP contribution is -2.19. The Bertz CT molecular complexity index is 970. The van der Waals surface area contributed by atoms with Gasteiger partial charge in [0, 0.05) is 17.2 Å². The molecule has 0 radical (unpaired) electrons. The molecule has 1 saturated carbocycles. The predicted molar refractivity (Wildman–Crippen MR) is 107 cm³/mol. The number of nitrogens with zero attached hydrogens (tertiary/aromatic N) is 3. The third-order valence-electron chi connectivity index (χ3n) is 4.66. The van der Waals surface area contributed by atoms with E-state index in [2.05, 4.69) is 22.3 Å². The van der Waals surface area contributed by atoms with Crippen molar-refractivity contribution < 1.29 is 4.79 Å². The van der Waals surface area contributed by atoms with Crippen molar-refractivity contribution in [3.63, 3.8) is 0 Å². The molecule has 27 heavy (non-hydrogen) atoms. The van der Waals surface area contributed by atoms with Crippen LogP contribution in [0, 0.1) is 5.92 Å². The Balaban J connectivity index is 1.56. The lowest BCUT2D eigenvalue weighted by Gasteiger charge is -2.16. The summed E-state index contributed by atoms with van der Waals surface area (Å²) in [5, 5.41) is 8.63. The maximum absolute atomic E-state index is 12.9. The molecule has 4 rings (SSSR count). The zero-order valence-electron chi connectivity index (χ0n) is 14.8. The Kier molecular flexibility index (Phi) is 5.18. The summed E-state index contributed by atoms with van der Waals surface area (Å²) in [5.41, 5.74) is 0.509. The molecule has 0 saturated heterocycles. The van der Waals surface area contributed by atoms with E-state index in [-0.39, 0.29) is 11.9 Å². The number of rotatable bonds is 6. The van der Waals surface area contributed by atoms with Crippen LogP contribution in [0.2, 0.25) is 5.02 Å². The molecule has 1 aliphatic rings. The van der Waals surface area contributed by atoms with Crippen LogP contribution in [0.3, 0.4) is 0 Å². The van der Waals surface area contributed by atoms with Crippen LogP contribution in [-0.4, -0.2) is 20.7 Å². The topological polar surface area (TPSA) is 59.8 Å². The van der Waals surface area contributed by atoms with E-state index in [0.29, 0.717) is 27.3 Å². The summed E-state index contributed by atoms with van der Waals surface area (Å²) in [6.07, 6.45) is 5.83. The van der Waals surface area contributed by atoms with Crippen molar-refractivity contribution in [3.05, 3.63) is 65.4 Å². The molecule has 3 aromatic rings. The molecule has 2 aromatic heterocycles. The number of amides is 1. The molecule has 1 fully saturated rings. The van der Waals surface area contributed by atoms with Gasteiger partial charge in [-0.3, -0.25) is 4.79 Å². The molecule has 7 heteroatoms. The van der Waals surface area contributed by atoms with Crippen LogP contribution in [0.25, 0.3) is 0 Å². The fraction of sp³-hybridized carbons (Fsp3) is 0.250. The van der Waals surface area contributed by atoms with Crippen molar-refractivity contribution >= 4 is 35.1 Å². The first-order valence-corrected chi connectivity index (χ1v) is 10.0. The molecule has 1 atom stereocenters. The predicted octanol–water partition coefficient (Wildman–Crippen LogP) is 5.31. The Morgan fingerprint density at radius 2 is 2.04 bits per heavy atom. The summed E-state index contributed by atoms with van der Waals surface area (Å²) in [7, 11) is 0. The van der Waals surface area contributed by atoms with Crippen LogP contribution in [0.5, 0.6) is 0 Å². The second kappa shape index (κ2) is 7.74. The number of carbonyl (C=O) groups excluding carboxylic acids is 1. The van der Waals surface area contributed by atoms with Crippen molar-refractivity contribution in [1.29, 1.82) is 0 Å². The van der Waals surface area contributed by atoms with Crippen LogP contribution < -0.4 is 5.32 Å². The fourth-order valence-corrected chi connectivity index (χ4v) is 4.13. The van der Waals surface area contributed by atoms with Crippen LogP contribution >= 0.6 is 23.4 Å². The number of benzene rings is 1. The molecule has 1 N–H and O–H groups in total. The number of hydrogen-bond acceptors (Lipinski definition) is 4. The van der Waals surface area contributed by atoms with Gasteiger partial charge in [-0.1, -0.05) is 35.5 Å². The fourth-order valence-electron chi connectivity index (χ4n) is 2.98. The number of aromatic nitrogens is 3. The molecule has 1 aromatic carbocycles. The van der Waals surface area contributed by atoms with Crippen molar-refractivity contribution in [2.75, 3.05) is 5.32 Å². The summed E-state index contributed by atoms with van der Waals surface area (Å²) in [6.45, 7) is 2.14. The number of pyridine rings is 1. The average molecular weight is 399 g/mol. The summed E-state index contributed by atoms with van der Waals surface area (Å²) in [6, 6.07) is 13.2. The highest BCUT2D eigenvalue weighted by Crippen LogP contribution is 2.40. The third-order valence-corrected chi connectivity index (χ3v) is 6.20. The van der Waals surface area contributed by atoms with Crippen molar-refractivity contribution in [3.8, 4) is 0 Å². The van der Waals surface area contributed by atoms with Crippen molar-refractivity contribution in [1.82, 2.24) is 14.8 Å². The minimum Gasteiger partial charge on any atom is -0.307 e. The van der Waals surface area contributed by atoms with Gasteiger partial charge >= 0.3 is 0 Å². The Morgan fingerprint density at radius 1 is 1.22 bits per heavy atom. The maximum Gasteiger partial charge on any atom is 0.259 e. The molecule has 1 aliphatic carbocycles. The van der Waals surface area contributed by atoms with Gasteiger partial charge in [-0.05, 0) is 49.9 Å². The molecule has 1 unspecified atom stereocenters. The Morgan fingerprint density at radius 3 is 2.81 bits per heavy atom. The molecular weight excluding hydrogens is 380 g/mol. The summed E-state index contributed by atoms with van der Waals surface area (Å²) in [5.74, 6) is 1.14. The first-order chi connectivity index (χ1) is 13.1. The smallest absolute Gasteiger partial charge is 0.259 e. The largest absolute Gasteiger partial charge is 0.307 e. The SMILES string of the molecule is CC(C1CC1)n1nccc1NC(=O)c1cccnc1Sc1ccccc1Cl. The lowest BCUT2D eigenvalue weighted by molar-refractivity contribution is 0.102. The van der Waals surface area contributed by atoms with Gasteiger partial charge < -0.3 is 5.32 Å². The number of nitrogens with one attached hydrogen (secondary N) is 1. The molecular formula is C20H19ClN4OS. The van der Waals surface area contributed by atoms with E-state index in [9.17, 15) is 4.79 Å². The van der Waals surface area contributed by atoms with E-state index in [1.54, 1.807) is 24.5 Å². The zero-order chi connectivity index (χ0) is 18.8. The molecule has 0 bridgehead atoms. The van der Waals surface area contributed by atoms with E-state index in [0.717, 1.165) is 4.90 Å². The van der Waals surface area contributed by atoms with E-state index in [1.807, 2.05) is 35.0 Å². The number of halogens is 1. The van der Waals surface area contributed by atoms with Gasteiger partial charge in [0.25, 0.3) is 5.91 Å². The molecule has 0 spiro atoms. The highest BCUT2D eigenvalue weighted by molar-refractivity contribution is 7.99. The maximum atomic E-state index is 12.9. The normalized spacial score (nSPS) is 14.7. The lowest BCUT2D eigenvalue weighted by atomic mass is 10.2. The van der Waals surface area contributed by atoms with E-state index in [4.69, 9.17) is 11.6 Å². The zero-order valence-corrected chi connectivity index (χ0v) is 16.4. The van der Waals surface area contributed by atoms with Gasteiger partial charge in [-0.25, -0.2) is 9.67 Å². The van der Waals surface area contributed by atoms with Crippen LogP contribution in [0.1, 0.15) is 36.2 Å². The third kappa shape index (κ3) is 4.01. The first kappa shape index (κ1) is 18.1. The van der Waals surface area contributed by atoms with E-state index < -0.39 is 0 Å². The van der Waals surface area contributed by atoms with E-state index in [1.165, 1.54) is 24.6 Å². The summed E-state index contributed by atoms with van der Waals surface area (Å²) in [4.78, 5) is 18.2. The van der Waals surface area contributed by atoms with Gasteiger partial charge in [0.1, 0.15) is 10.8 Å². The monoisotopic (exact) mass is 398 g/mol. The van der Waals surface area contributed by atoms with Gasteiger partial charge in [-0.2, -0.15) is 5.10 Å². The quantitative estimate of drug-likeness (QED) is 0.611. The second-order valence-corrected chi connectivity index (χ2v) is 8.02. The van der Waals surface area contributed by atoms with Crippen LogP contribution in [-0.2, 0) is 0 Å². The number of hydrogen-bond donors (Lipinski definition) is 1. The van der Waals surface area contributed by atoms with E-state index >= 15 is 0 Å². The van der Waals surface area contributed by atoms with Crippen molar-refractivity contribution in [2.24, 2.45) is 5.92 Å². The molecule has 138 valence electrons. The molecule has 1 amide bonds. The average Bonchev–Trinajstić information content (AvgIpc) is 3.43. The Labute approximate surface area is 167 Å². The van der Waals surface area contributed by atoms with Gasteiger partial charge in [0.05, 0.1) is 22.8 Å². The van der Waals surface area contributed by atoms with Gasteiger partial charge in [0.2, 0.25) is 0 Å². The Hall–Kier alpha value is -2.31. The minimum absolute atomic E-state index is 0.206.